The average Bonchev–Trinajstić information content (AvgIpc) is 3.65. The third-order valence-electron chi connectivity index (χ3n) is 11.8. The van der Waals surface area contributed by atoms with Crippen molar-refractivity contribution in [1.29, 1.82) is 0 Å². The van der Waals surface area contributed by atoms with Crippen LogP contribution in [0.3, 0.4) is 0 Å². The van der Waals surface area contributed by atoms with Gasteiger partial charge in [0, 0.05) is 18.7 Å². The first-order chi connectivity index (χ1) is 27.4. The lowest BCUT2D eigenvalue weighted by molar-refractivity contribution is -0.136. The molecule has 4 N–H and O–H groups in total. The maximum Gasteiger partial charge on any atom is 0.407 e. The maximum atomic E-state index is 13.9. The first kappa shape index (κ1) is 39.6. The Morgan fingerprint density at radius 1 is 0.737 bits per heavy atom. The molecule has 0 spiro atoms. The van der Waals surface area contributed by atoms with Crippen LogP contribution in [-0.4, -0.2) is 93.4 Å². The molecular weight excluding hydrogens is 725 g/mol. The second kappa shape index (κ2) is 16.8. The van der Waals surface area contributed by atoms with Crippen LogP contribution < -0.4 is 10.6 Å². The summed E-state index contributed by atoms with van der Waals surface area (Å²) in [5.74, 6) is 1.36. The number of benzene rings is 2. The highest BCUT2D eigenvalue weighted by molar-refractivity contribution is 5.87. The summed E-state index contributed by atoms with van der Waals surface area (Å²) in [5.41, 5.74) is 6.59. The van der Waals surface area contributed by atoms with Crippen LogP contribution in [-0.2, 0) is 19.1 Å². The molecule has 14 nitrogen and oxygen atoms in total. The summed E-state index contributed by atoms with van der Waals surface area (Å²) in [6.07, 6.45) is 5.49. The largest absolute Gasteiger partial charge is 0.453 e. The number of alkyl carbamates (subject to hydrolysis) is 2. The normalized spacial score (nSPS) is 20.5. The lowest BCUT2D eigenvalue weighted by Crippen LogP contribution is -2.51. The van der Waals surface area contributed by atoms with Crippen molar-refractivity contribution in [1.82, 2.24) is 40.6 Å². The van der Waals surface area contributed by atoms with Gasteiger partial charge < -0.3 is 34.9 Å². The molecule has 2 aromatic carbocycles. The van der Waals surface area contributed by atoms with Crippen molar-refractivity contribution >= 4 is 24.0 Å². The molecule has 2 aliphatic heterocycles. The number of hydrogen-bond donors (Lipinski definition) is 4. The van der Waals surface area contributed by atoms with Gasteiger partial charge in [0.2, 0.25) is 11.8 Å². The molecule has 4 heterocycles. The van der Waals surface area contributed by atoms with Crippen molar-refractivity contribution < 1.29 is 28.7 Å². The number of amides is 4. The zero-order chi connectivity index (χ0) is 40.4. The zero-order valence-electron chi connectivity index (χ0n) is 33.6. The Bertz CT molecular complexity index is 2050. The number of nitrogens with one attached hydrogen (secondary N) is 4. The SMILES string of the molecule is COC(=O)N[C@H](C(=O)N1CCC[C@H]1c1cc(-c2ccc(-c3ccc(-c4cnc([C@@H]5C[C@H](C6CC6)CN5C(=O)[C@@H](NC(=O)OC)C(C)C)[nH]4)cc3)cc2)n[nH]1)C(C)C. The topological polar surface area (TPSA) is 175 Å². The quantitative estimate of drug-likeness (QED) is 0.121. The molecule has 2 aromatic heterocycles. The van der Waals surface area contributed by atoms with E-state index < -0.39 is 24.3 Å². The Morgan fingerprint density at radius 2 is 1.30 bits per heavy atom. The van der Waals surface area contributed by atoms with Gasteiger partial charge in [0.15, 0.2) is 0 Å². The van der Waals surface area contributed by atoms with Crippen LogP contribution in [0.4, 0.5) is 9.59 Å². The predicted octanol–water partition coefficient (Wildman–Crippen LogP) is 6.86. The van der Waals surface area contributed by atoms with E-state index in [9.17, 15) is 19.2 Å². The minimum Gasteiger partial charge on any atom is -0.453 e. The Kier molecular flexibility index (Phi) is 11.7. The second-order valence-electron chi connectivity index (χ2n) is 16.3. The minimum absolute atomic E-state index is 0.0996. The van der Waals surface area contributed by atoms with Crippen molar-refractivity contribution in [2.24, 2.45) is 23.7 Å². The molecule has 3 fully saturated rings. The van der Waals surface area contributed by atoms with E-state index in [1.54, 1.807) is 0 Å². The zero-order valence-corrected chi connectivity index (χ0v) is 33.6. The smallest absolute Gasteiger partial charge is 0.407 e. The fourth-order valence-corrected chi connectivity index (χ4v) is 8.37. The van der Waals surface area contributed by atoms with Crippen LogP contribution in [0.5, 0.6) is 0 Å². The fraction of sp³-hybridized carbons (Fsp3) is 0.488. The Balaban J connectivity index is 1.02. The highest BCUT2D eigenvalue weighted by Gasteiger charge is 2.46. The molecule has 0 bridgehead atoms. The van der Waals surface area contributed by atoms with E-state index in [0.29, 0.717) is 24.9 Å². The van der Waals surface area contributed by atoms with Crippen LogP contribution in [0.15, 0.2) is 60.8 Å². The molecule has 2 saturated heterocycles. The summed E-state index contributed by atoms with van der Waals surface area (Å²) in [4.78, 5) is 63.6. The molecule has 57 heavy (non-hydrogen) atoms. The van der Waals surface area contributed by atoms with Crippen LogP contribution in [0.1, 0.15) is 83.4 Å². The van der Waals surface area contributed by atoms with Gasteiger partial charge in [-0.05, 0) is 78.5 Å². The number of nitrogens with zero attached hydrogens (tertiary/aromatic N) is 4. The van der Waals surface area contributed by atoms with Crippen molar-refractivity contribution in [2.45, 2.75) is 84.0 Å². The van der Waals surface area contributed by atoms with Gasteiger partial charge in [-0.2, -0.15) is 5.10 Å². The Morgan fingerprint density at radius 3 is 1.86 bits per heavy atom. The first-order valence-corrected chi connectivity index (χ1v) is 20.1. The Hall–Kier alpha value is -5.66. The number of aromatic nitrogens is 4. The van der Waals surface area contributed by atoms with Gasteiger partial charge in [0.25, 0.3) is 0 Å². The van der Waals surface area contributed by atoms with Crippen LogP contribution in [0, 0.1) is 23.7 Å². The van der Waals surface area contributed by atoms with Gasteiger partial charge in [0.1, 0.15) is 17.9 Å². The molecule has 3 aliphatic rings. The standard InChI is InChI=1S/C43H54N8O6/c1-24(2)37(46-42(54)56-5)40(52)50-19-7-8-35(50)33-21-32(48-49-33)29-15-11-26(12-16-29)27-13-17-30(18-14-27)34-22-44-39(45-34)36-20-31(28-9-10-28)23-51(36)41(53)38(25(3)4)47-43(55)57-6/h11-18,21-22,24-25,28,31,35-38H,7-10,19-20,23H2,1-6H3,(H,44,45)(H,46,54)(H,47,55)(H,48,49)/t31-,35-,36-,37-,38-/m0/s1. The van der Waals surface area contributed by atoms with Crippen LogP contribution >= 0.6 is 0 Å². The summed E-state index contributed by atoms with van der Waals surface area (Å²) in [7, 11) is 2.60. The average molecular weight is 779 g/mol. The fourth-order valence-electron chi connectivity index (χ4n) is 8.37. The third kappa shape index (κ3) is 8.54. The highest BCUT2D eigenvalue weighted by Crippen LogP contribution is 2.47. The number of carbonyl (C=O) groups is 4. The van der Waals surface area contributed by atoms with E-state index in [-0.39, 0.29) is 35.7 Å². The minimum atomic E-state index is -0.687. The van der Waals surface area contributed by atoms with Crippen molar-refractivity contribution in [3.63, 3.8) is 0 Å². The predicted molar refractivity (Wildman–Crippen MR) is 214 cm³/mol. The summed E-state index contributed by atoms with van der Waals surface area (Å²) in [6.45, 7) is 8.92. The molecule has 14 heteroatoms. The molecule has 302 valence electrons. The number of carbonyl (C=O) groups excluding carboxylic acids is 4. The number of methoxy groups -OCH3 is 2. The number of hydrogen-bond acceptors (Lipinski definition) is 8. The Labute approximate surface area is 333 Å². The van der Waals surface area contributed by atoms with Gasteiger partial charge in [-0.25, -0.2) is 14.6 Å². The maximum absolute atomic E-state index is 13.9. The van der Waals surface area contributed by atoms with Gasteiger partial charge in [-0.1, -0.05) is 76.2 Å². The number of likely N-dealkylation sites (tertiary alicyclic amines) is 2. The van der Waals surface area contributed by atoms with Gasteiger partial charge >= 0.3 is 12.2 Å². The van der Waals surface area contributed by atoms with E-state index in [0.717, 1.165) is 64.4 Å². The molecule has 1 aliphatic carbocycles. The number of imidazole rings is 1. The van der Waals surface area contributed by atoms with Crippen molar-refractivity contribution in [2.75, 3.05) is 27.3 Å². The lowest BCUT2D eigenvalue weighted by Gasteiger charge is -2.30. The lowest BCUT2D eigenvalue weighted by atomic mass is 10.00. The van der Waals surface area contributed by atoms with Gasteiger partial charge in [0.05, 0.1) is 49.6 Å². The number of ether oxygens (including phenoxy) is 2. The molecule has 5 atom stereocenters. The van der Waals surface area contributed by atoms with E-state index >= 15 is 0 Å². The number of aromatic amines is 2. The highest BCUT2D eigenvalue weighted by atomic mass is 16.5. The monoisotopic (exact) mass is 778 g/mol. The summed E-state index contributed by atoms with van der Waals surface area (Å²) in [6, 6.07) is 16.8. The number of rotatable bonds is 12. The molecule has 0 radical (unpaired) electrons. The molecule has 7 rings (SSSR count). The van der Waals surface area contributed by atoms with E-state index in [1.165, 1.54) is 27.1 Å². The van der Waals surface area contributed by atoms with Gasteiger partial charge in [-0.3, -0.25) is 14.7 Å². The van der Waals surface area contributed by atoms with Crippen LogP contribution in [0.25, 0.3) is 33.6 Å². The van der Waals surface area contributed by atoms with Gasteiger partial charge in [-0.15, -0.1) is 0 Å². The number of H-pyrrole nitrogens is 2. The molecule has 4 amide bonds. The molecule has 1 saturated carbocycles. The summed E-state index contributed by atoms with van der Waals surface area (Å²) >= 11 is 0. The van der Waals surface area contributed by atoms with E-state index in [1.807, 2.05) is 61.9 Å². The second-order valence-corrected chi connectivity index (χ2v) is 16.3. The molecule has 0 unspecified atom stereocenters. The third-order valence-corrected chi connectivity index (χ3v) is 11.8. The first-order valence-electron chi connectivity index (χ1n) is 20.1. The summed E-state index contributed by atoms with van der Waals surface area (Å²) < 4.78 is 9.58. The van der Waals surface area contributed by atoms with E-state index in [4.69, 9.17) is 14.5 Å². The van der Waals surface area contributed by atoms with Crippen LogP contribution in [0.2, 0.25) is 0 Å². The molecule has 4 aromatic rings. The van der Waals surface area contributed by atoms with Crippen molar-refractivity contribution in [3.8, 4) is 33.6 Å². The van der Waals surface area contributed by atoms with E-state index in [2.05, 4.69) is 62.2 Å². The van der Waals surface area contributed by atoms with Crippen molar-refractivity contribution in [3.05, 3.63) is 72.3 Å². The summed E-state index contributed by atoms with van der Waals surface area (Å²) in [5, 5.41) is 13.2. The molecular formula is C43H54N8O6.